The van der Waals surface area contributed by atoms with Gasteiger partial charge in [-0.3, -0.25) is 4.72 Å². The van der Waals surface area contributed by atoms with Crippen molar-refractivity contribution in [1.82, 2.24) is 10.3 Å². The zero-order valence-corrected chi connectivity index (χ0v) is 13.6. The molecule has 1 rings (SSSR count). The Morgan fingerprint density at radius 2 is 2.05 bits per heavy atom. The van der Waals surface area contributed by atoms with Crippen LogP contribution in [0.25, 0.3) is 0 Å². The maximum atomic E-state index is 11.8. The summed E-state index contributed by atoms with van der Waals surface area (Å²) in [6, 6.07) is 0.138. The van der Waals surface area contributed by atoms with E-state index in [1.165, 1.54) is 11.3 Å². The number of thiazole rings is 1. The minimum absolute atomic E-state index is 0.0991. The lowest BCUT2D eigenvalue weighted by Crippen LogP contribution is -2.21. The van der Waals surface area contributed by atoms with E-state index in [1.54, 1.807) is 0 Å². The highest BCUT2D eigenvalue weighted by Gasteiger charge is 2.16. The molecule has 0 saturated heterocycles. The molecule has 0 spiro atoms. The van der Waals surface area contributed by atoms with Gasteiger partial charge in [-0.1, -0.05) is 20.8 Å². The molecule has 1 unspecified atom stereocenters. The van der Waals surface area contributed by atoms with Crippen molar-refractivity contribution in [3.05, 3.63) is 11.1 Å². The molecule has 0 aliphatic heterocycles. The van der Waals surface area contributed by atoms with Crippen molar-refractivity contribution in [2.75, 3.05) is 17.0 Å². The zero-order valence-electron chi connectivity index (χ0n) is 11.9. The second-order valence-electron chi connectivity index (χ2n) is 5.03. The second kappa shape index (κ2) is 7.21. The topological polar surface area (TPSA) is 71.1 Å². The molecule has 110 valence electrons. The van der Waals surface area contributed by atoms with Crippen LogP contribution in [0.4, 0.5) is 5.13 Å². The molecule has 0 radical (unpaired) electrons. The summed E-state index contributed by atoms with van der Waals surface area (Å²) in [6.45, 7) is 8.81. The van der Waals surface area contributed by atoms with Gasteiger partial charge < -0.3 is 5.32 Å². The predicted molar refractivity (Wildman–Crippen MR) is 81.1 cm³/mol. The Kier molecular flexibility index (Phi) is 6.22. The first-order valence-electron chi connectivity index (χ1n) is 6.53. The molecular weight excluding hydrogens is 282 g/mol. The molecule has 19 heavy (non-hydrogen) atoms. The summed E-state index contributed by atoms with van der Waals surface area (Å²) in [4.78, 5) is 4.32. The summed E-state index contributed by atoms with van der Waals surface area (Å²) in [5.41, 5.74) is 0.876. The van der Waals surface area contributed by atoms with Crippen molar-refractivity contribution in [3.63, 3.8) is 0 Å². The Balaban J connectivity index is 2.64. The number of sulfonamides is 1. The van der Waals surface area contributed by atoms with Gasteiger partial charge in [-0.05, 0) is 25.8 Å². The van der Waals surface area contributed by atoms with Gasteiger partial charge in [0.15, 0.2) is 5.13 Å². The summed E-state index contributed by atoms with van der Waals surface area (Å²) >= 11 is 1.32. The number of nitrogens with one attached hydrogen (secondary N) is 2. The van der Waals surface area contributed by atoms with Gasteiger partial charge in [0.1, 0.15) is 0 Å². The Morgan fingerprint density at radius 1 is 1.37 bits per heavy atom. The number of rotatable bonds is 8. The van der Waals surface area contributed by atoms with Crippen LogP contribution < -0.4 is 10.0 Å². The fourth-order valence-electron chi connectivity index (χ4n) is 1.61. The summed E-state index contributed by atoms with van der Waals surface area (Å²) in [7, 11) is -3.29. The maximum absolute atomic E-state index is 11.8. The SMILES string of the molecule is CCCNC(C)c1csc(NS(=O)(=O)CC(C)C)n1. The van der Waals surface area contributed by atoms with Gasteiger partial charge in [0.2, 0.25) is 10.0 Å². The van der Waals surface area contributed by atoms with E-state index in [0.29, 0.717) is 5.13 Å². The van der Waals surface area contributed by atoms with E-state index in [9.17, 15) is 8.42 Å². The summed E-state index contributed by atoms with van der Waals surface area (Å²) in [5.74, 6) is 0.216. The van der Waals surface area contributed by atoms with E-state index in [-0.39, 0.29) is 17.7 Å². The van der Waals surface area contributed by atoms with E-state index in [1.807, 2.05) is 26.2 Å². The zero-order chi connectivity index (χ0) is 14.5. The van der Waals surface area contributed by atoms with Crippen molar-refractivity contribution >= 4 is 26.5 Å². The molecule has 0 bridgehead atoms. The Morgan fingerprint density at radius 3 is 2.63 bits per heavy atom. The van der Waals surface area contributed by atoms with Crippen molar-refractivity contribution < 1.29 is 8.42 Å². The quantitative estimate of drug-likeness (QED) is 0.774. The van der Waals surface area contributed by atoms with Crippen LogP contribution in [-0.2, 0) is 10.0 Å². The Hall–Kier alpha value is -0.660. The molecule has 0 aliphatic rings. The lowest BCUT2D eigenvalue weighted by Gasteiger charge is -2.10. The van der Waals surface area contributed by atoms with Crippen LogP contribution >= 0.6 is 11.3 Å². The lowest BCUT2D eigenvalue weighted by molar-refractivity contribution is 0.561. The molecule has 1 heterocycles. The third kappa shape index (κ3) is 5.88. The first-order chi connectivity index (χ1) is 8.84. The molecule has 0 saturated carbocycles. The normalized spacial score (nSPS) is 13.7. The molecule has 7 heteroatoms. The number of hydrogen-bond donors (Lipinski definition) is 2. The molecule has 1 atom stereocenters. The van der Waals surface area contributed by atoms with E-state index >= 15 is 0 Å². The highest BCUT2D eigenvalue weighted by Crippen LogP contribution is 2.21. The standard InChI is InChI=1S/C12H23N3O2S2/c1-5-6-13-10(4)11-7-18-12(14-11)15-19(16,17)8-9(2)3/h7,9-10,13H,5-6,8H2,1-4H3,(H,14,15). The molecule has 2 N–H and O–H groups in total. The van der Waals surface area contributed by atoms with Gasteiger partial charge in [-0.15, -0.1) is 11.3 Å². The third-order valence-electron chi connectivity index (χ3n) is 2.46. The highest BCUT2D eigenvalue weighted by molar-refractivity contribution is 7.92. The van der Waals surface area contributed by atoms with Gasteiger partial charge in [0.05, 0.1) is 11.4 Å². The minimum atomic E-state index is -3.29. The van der Waals surface area contributed by atoms with Crippen LogP contribution in [0.1, 0.15) is 45.9 Å². The fraction of sp³-hybridized carbons (Fsp3) is 0.750. The van der Waals surface area contributed by atoms with Crippen LogP contribution in [0.5, 0.6) is 0 Å². The molecule has 1 aromatic rings. The minimum Gasteiger partial charge on any atom is -0.309 e. The lowest BCUT2D eigenvalue weighted by atomic mass is 10.2. The van der Waals surface area contributed by atoms with Crippen molar-refractivity contribution in [2.45, 2.75) is 40.2 Å². The highest BCUT2D eigenvalue weighted by atomic mass is 32.2. The molecule has 0 amide bonds. The van der Waals surface area contributed by atoms with E-state index < -0.39 is 10.0 Å². The Bertz CT molecular complexity index is 483. The summed E-state index contributed by atoms with van der Waals surface area (Å²) in [6.07, 6.45) is 1.06. The van der Waals surface area contributed by atoms with Crippen molar-refractivity contribution in [3.8, 4) is 0 Å². The Labute approximate surface area is 119 Å². The van der Waals surface area contributed by atoms with Crippen molar-refractivity contribution in [1.29, 1.82) is 0 Å². The van der Waals surface area contributed by atoms with Gasteiger partial charge in [0, 0.05) is 11.4 Å². The largest absolute Gasteiger partial charge is 0.309 e. The number of nitrogens with zero attached hydrogens (tertiary/aromatic N) is 1. The maximum Gasteiger partial charge on any atom is 0.234 e. The summed E-state index contributed by atoms with van der Waals surface area (Å²) < 4.78 is 26.1. The molecule has 0 aromatic carbocycles. The van der Waals surface area contributed by atoms with Crippen LogP contribution in [0.3, 0.4) is 0 Å². The smallest absolute Gasteiger partial charge is 0.234 e. The van der Waals surface area contributed by atoms with Crippen molar-refractivity contribution in [2.24, 2.45) is 5.92 Å². The van der Waals surface area contributed by atoms with Gasteiger partial charge in [0.25, 0.3) is 0 Å². The van der Waals surface area contributed by atoms with Crippen LogP contribution in [0.2, 0.25) is 0 Å². The van der Waals surface area contributed by atoms with Crippen LogP contribution in [-0.4, -0.2) is 25.7 Å². The molecule has 5 nitrogen and oxygen atoms in total. The third-order valence-corrected chi connectivity index (χ3v) is 4.98. The van der Waals surface area contributed by atoms with Crippen LogP contribution in [0, 0.1) is 5.92 Å². The molecule has 0 aliphatic carbocycles. The number of anilines is 1. The molecular formula is C12H23N3O2S2. The fourth-order valence-corrected chi connectivity index (χ4v) is 4.10. The number of hydrogen-bond acceptors (Lipinski definition) is 5. The van der Waals surface area contributed by atoms with Crippen LogP contribution in [0.15, 0.2) is 5.38 Å². The summed E-state index contributed by atoms with van der Waals surface area (Å²) in [5, 5.41) is 5.66. The first kappa shape index (κ1) is 16.4. The van der Waals surface area contributed by atoms with E-state index in [4.69, 9.17) is 0 Å². The molecule has 0 fully saturated rings. The predicted octanol–water partition coefficient (Wildman–Crippen LogP) is 2.60. The first-order valence-corrected chi connectivity index (χ1v) is 9.06. The second-order valence-corrected chi connectivity index (χ2v) is 7.66. The number of aromatic nitrogens is 1. The van der Waals surface area contributed by atoms with E-state index in [2.05, 4.69) is 21.9 Å². The van der Waals surface area contributed by atoms with Gasteiger partial charge >= 0.3 is 0 Å². The average Bonchev–Trinajstić information content (AvgIpc) is 2.71. The average molecular weight is 305 g/mol. The molecule has 1 aromatic heterocycles. The monoisotopic (exact) mass is 305 g/mol. The van der Waals surface area contributed by atoms with E-state index in [0.717, 1.165) is 18.7 Å². The van der Waals surface area contributed by atoms with Gasteiger partial charge in [-0.25, -0.2) is 13.4 Å². The van der Waals surface area contributed by atoms with Gasteiger partial charge in [-0.2, -0.15) is 0 Å².